The number of hydrogen-bond acceptors (Lipinski definition) is 4. The first kappa shape index (κ1) is 19.2. The van der Waals surface area contributed by atoms with Crippen LogP contribution >= 0.6 is 0 Å². The lowest BCUT2D eigenvalue weighted by atomic mass is 10.0. The average molecular weight is 355 g/mol. The molecule has 6 nitrogen and oxygen atoms in total. The fraction of sp³-hybridized carbons (Fsp3) is 0.250. The van der Waals surface area contributed by atoms with Gasteiger partial charge in [-0.3, -0.25) is 14.5 Å². The maximum atomic E-state index is 12.2. The van der Waals surface area contributed by atoms with Crippen molar-refractivity contribution < 1.29 is 24.2 Å². The van der Waals surface area contributed by atoms with E-state index in [0.717, 1.165) is 10.5 Å². The number of carboxylic acid groups (broad SMARTS) is 1. The van der Waals surface area contributed by atoms with Crippen LogP contribution in [0.3, 0.4) is 0 Å². The van der Waals surface area contributed by atoms with Crippen LogP contribution in [0.2, 0.25) is 0 Å². The van der Waals surface area contributed by atoms with Crippen LogP contribution in [0.4, 0.5) is 5.69 Å². The third kappa shape index (κ3) is 4.92. The van der Waals surface area contributed by atoms with Crippen LogP contribution in [0, 0.1) is 0 Å². The minimum atomic E-state index is -1.64. The van der Waals surface area contributed by atoms with Crippen molar-refractivity contribution >= 4 is 23.5 Å². The molecular formula is C20H21NO5. The van der Waals surface area contributed by atoms with Crippen LogP contribution in [0.5, 0.6) is 0 Å². The molecule has 26 heavy (non-hydrogen) atoms. The molecule has 0 radical (unpaired) electrons. The molecule has 0 aromatic heterocycles. The second kappa shape index (κ2) is 7.82. The molecule has 1 amide bonds. The zero-order chi connectivity index (χ0) is 19.3. The molecule has 6 heteroatoms. The smallest absolute Gasteiger partial charge is 0.394 e. The van der Waals surface area contributed by atoms with Crippen molar-refractivity contribution in [3.05, 3.63) is 54.6 Å². The summed E-state index contributed by atoms with van der Waals surface area (Å²) in [5.41, 5.74) is 1.03. The predicted molar refractivity (Wildman–Crippen MR) is 97.7 cm³/mol. The van der Waals surface area contributed by atoms with E-state index >= 15 is 0 Å². The Morgan fingerprint density at radius 3 is 2.12 bits per heavy atom. The number of benzene rings is 2. The molecule has 0 bridgehead atoms. The summed E-state index contributed by atoms with van der Waals surface area (Å²) in [4.78, 5) is 36.7. The lowest BCUT2D eigenvalue weighted by Crippen LogP contribution is -2.42. The van der Waals surface area contributed by atoms with E-state index in [4.69, 9.17) is 4.74 Å². The quantitative estimate of drug-likeness (QED) is 0.673. The van der Waals surface area contributed by atoms with Gasteiger partial charge in [-0.2, -0.15) is 0 Å². The average Bonchev–Trinajstić information content (AvgIpc) is 2.58. The Kier molecular flexibility index (Phi) is 5.77. The van der Waals surface area contributed by atoms with Gasteiger partial charge in [0, 0.05) is 5.56 Å². The van der Waals surface area contributed by atoms with E-state index in [0.29, 0.717) is 11.3 Å². The molecule has 0 unspecified atom stereocenters. The molecule has 2 aromatic rings. The van der Waals surface area contributed by atoms with Gasteiger partial charge in [0.15, 0.2) is 0 Å². The lowest BCUT2D eigenvalue weighted by molar-refractivity contribution is -0.154. The number of carbonyl (C=O) groups is 3. The van der Waals surface area contributed by atoms with Gasteiger partial charge >= 0.3 is 17.8 Å². The van der Waals surface area contributed by atoms with Crippen molar-refractivity contribution in [1.82, 2.24) is 0 Å². The van der Waals surface area contributed by atoms with Crippen molar-refractivity contribution in [1.29, 1.82) is 0 Å². The maximum absolute atomic E-state index is 12.2. The topological polar surface area (TPSA) is 83.9 Å². The molecule has 0 aliphatic heterocycles. The summed E-state index contributed by atoms with van der Waals surface area (Å²) in [6.07, 6.45) is 0. The van der Waals surface area contributed by atoms with Gasteiger partial charge in [0.05, 0.1) is 5.69 Å². The summed E-state index contributed by atoms with van der Waals surface area (Å²) in [5, 5.41) is 9.18. The second-order valence-electron chi connectivity index (χ2n) is 6.67. The minimum absolute atomic E-state index is 0.331. The number of esters is 1. The number of rotatable bonds is 4. The Bertz CT molecular complexity index is 808. The Labute approximate surface area is 152 Å². The second-order valence-corrected chi connectivity index (χ2v) is 6.67. The molecule has 0 atom stereocenters. The zero-order valence-electron chi connectivity index (χ0n) is 14.9. The van der Waals surface area contributed by atoms with Crippen molar-refractivity contribution in [3.8, 4) is 11.1 Å². The van der Waals surface area contributed by atoms with Crippen LogP contribution in [0.25, 0.3) is 11.1 Å². The number of aliphatic carboxylic acids is 1. The van der Waals surface area contributed by atoms with Crippen molar-refractivity contribution in [2.45, 2.75) is 26.4 Å². The summed E-state index contributed by atoms with van der Waals surface area (Å²) in [7, 11) is 0. The number of nitrogens with zero attached hydrogens (tertiary/aromatic N) is 1. The standard InChI is InChI=1S/C20H21NO5/c1-20(2,3)26-17(22)13-21(18(23)19(24)25)16-12-8-7-11-15(16)14-9-5-4-6-10-14/h4-12H,13H2,1-3H3,(H,24,25). The minimum Gasteiger partial charge on any atom is -0.474 e. The van der Waals surface area contributed by atoms with Crippen LogP contribution in [0.15, 0.2) is 54.6 Å². The molecule has 136 valence electrons. The molecule has 1 N–H and O–H groups in total. The normalized spacial score (nSPS) is 10.9. The van der Waals surface area contributed by atoms with Crippen LogP contribution in [-0.4, -0.2) is 35.1 Å². The summed E-state index contributed by atoms with van der Waals surface area (Å²) in [5.74, 6) is -3.52. The number of para-hydroxylation sites is 1. The molecule has 2 rings (SSSR count). The van der Waals surface area contributed by atoms with E-state index in [1.165, 1.54) is 0 Å². The molecule has 0 aliphatic carbocycles. The lowest BCUT2D eigenvalue weighted by Gasteiger charge is -2.25. The summed E-state index contributed by atoms with van der Waals surface area (Å²) in [6.45, 7) is 4.61. The van der Waals surface area contributed by atoms with E-state index in [2.05, 4.69) is 0 Å². The number of ether oxygens (including phenoxy) is 1. The first-order chi connectivity index (χ1) is 12.2. The largest absolute Gasteiger partial charge is 0.474 e. The van der Waals surface area contributed by atoms with E-state index < -0.39 is 30.0 Å². The van der Waals surface area contributed by atoms with E-state index in [1.54, 1.807) is 45.0 Å². The Balaban J connectivity index is 2.45. The monoisotopic (exact) mass is 355 g/mol. The van der Waals surface area contributed by atoms with Gasteiger partial charge in [-0.25, -0.2) is 4.79 Å². The predicted octanol–water partition coefficient (Wildman–Crippen LogP) is 3.11. The summed E-state index contributed by atoms with van der Waals surface area (Å²) >= 11 is 0. The van der Waals surface area contributed by atoms with Crippen molar-refractivity contribution in [2.24, 2.45) is 0 Å². The molecule has 0 saturated heterocycles. The number of hydrogen-bond donors (Lipinski definition) is 1. The fourth-order valence-electron chi connectivity index (χ4n) is 2.46. The van der Waals surface area contributed by atoms with Gasteiger partial charge in [-0.1, -0.05) is 48.5 Å². The number of carbonyl (C=O) groups excluding carboxylic acids is 2. The van der Waals surface area contributed by atoms with E-state index in [9.17, 15) is 19.5 Å². The summed E-state index contributed by atoms with van der Waals surface area (Å²) in [6, 6.07) is 16.0. The first-order valence-corrected chi connectivity index (χ1v) is 8.10. The Hall–Kier alpha value is -3.15. The molecule has 2 aromatic carbocycles. The zero-order valence-corrected chi connectivity index (χ0v) is 14.9. The highest BCUT2D eigenvalue weighted by Crippen LogP contribution is 2.31. The van der Waals surface area contributed by atoms with Gasteiger partial charge < -0.3 is 9.84 Å². The maximum Gasteiger partial charge on any atom is 0.394 e. The fourth-order valence-corrected chi connectivity index (χ4v) is 2.46. The summed E-state index contributed by atoms with van der Waals surface area (Å²) < 4.78 is 5.24. The molecule has 0 heterocycles. The highest BCUT2D eigenvalue weighted by atomic mass is 16.6. The van der Waals surface area contributed by atoms with E-state index in [1.807, 2.05) is 30.3 Å². The third-order valence-corrected chi connectivity index (χ3v) is 3.41. The first-order valence-electron chi connectivity index (χ1n) is 8.10. The number of carboxylic acids is 1. The van der Waals surface area contributed by atoms with Gasteiger partial charge in [0.25, 0.3) is 0 Å². The SMILES string of the molecule is CC(C)(C)OC(=O)CN(C(=O)C(=O)O)c1ccccc1-c1ccccc1. The van der Waals surface area contributed by atoms with Gasteiger partial charge in [-0.05, 0) is 32.4 Å². The third-order valence-electron chi connectivity index (χ3n) is 3.41. The van der Waals surface area contributed by atoms with Crippen LogP contribution in [-0.2, 0) is 19.1 Å². The van der Waals surface area contributed by atoms with Crippen molar-refractivity contribution in [3.63, 3.8) is 0 Å². The molecule has 0 aliphatic rings. The molecule has 0 fully saturated rings. The highest BCUT2D eigenvalue weighted by molar-refractivity contribution is 6.38. The Morgan fingerprint density at radius 2 is 1.54 bits per heavy atom. The van der Waals surface area contributed by atoms with Crippen LogP contribution < -0.4 is 4.90 Å². The van der Waals surface area contributed by atoms with Crippen molar-refractivity contribution in [2.75, 3.05) is 11.4 Å². The Morgan fingerprint density at radius 1 is 0.962 bits per heavy atom. The van der Waals surface area contributed by atoms with Gasteiger partial charge in [-0.15, -0.1) is 0 Å². The van der Waals surface area contributed by atoms with Crippen LogP contribution in [0.1, 0.15) is 20.8 Å². The molecular weight excluding hydrogens is 334 g/mol. The molecule has 0 saturated carbocycles. The van der Waals surface area contributed by atoms with Gasteiger partial charge in [0.1, 0.15) is 12.1 Å². The number of amides is 1. The van der Waals surface area contributed by atoms with E-state index in [-0.39, 0.29) is 0 Å². The number of anilines is 1. The highest BCUT2D eigenvalue weighted by Gasteiger charge is 2.29. The molecule has 0 spiro atoms. The van der Waals surface area contributed by atoms with Gasteiger partial charge in [0.2, 0.25) is 0 Å².